The quantitative estimate of drug-likeness (QED) is 0.911. The van der Waals surface area contributed by atoms with Gasteiger partial charge in [0.15, 0.2) is 11.2 Å². The molecular formula is C15H16ClN3O2. The van der Waals surface area contributed by atoms with Crippen molar-refractivity contribution in [1.29, 1.82) is 0 Å². The third-order valence-corrected chi connectivity index (χ3v) is 4.03. The van der Waals surface area contributed by atoms with Gasteiger partial charge in [-0.15, -0.1) is 0 Å². The number of nitrogens with one attached hydrogen (secondary N) is 1. The molecule has 1 aliphatic rings. The minimum Gasteiger partial charge on any atom is -0.480 e. The Hall–Kier alpha value is -1.85. The highest BCUT2D eigenvalue weighted by Gasteiger charge is 2.33. The molecule has 0 saturated carbocycles. The molecule has 1 unspecified atom stereocenters. The van der Waals surface area contributed by atoms with Gasteiger partial charge in [0.05, 0.1) is 5.69 Å². The van der Waals surface area contributed by atoms with Crippen LogP contribution in [0.2, 0.25) is 5.15 Å². The molecule has 3 rings (SSSR count). The lowest BCUT2D eigenvalue weighted by molar-refractivity contribution is -0.143. The Kier molecular flexibility index (Phi) is 3.94. The van der Waals surface area contributed by atoms with Crippen molar-refractivity contribution in [3.8, 4) is 11.4 Å². The molecule has 1 saturated heterocycles. The summed E-state index contributed by atoms with van der Waals surface area (Å²) in [5, 5.41) is 9.77. The number of nitrogens with zero attached hydrogens (tertiary/aromatic N) is 2. The number of likely N-dealkylation sites (tertiary alicyclic amines) is 1. The van der Waals surface area contributed by atoms with Crippen LogP contribution in [-0.4, -0.2) is 39.0 Å². The van der Waals surface area contributed by atoms with Gasteiger partial charge >= 0.3 is 5.97 Å². The number of aromatic amines is 1. The molecule has 1 aromatic carbocycles. The van der Waals surface area contributed by atoms with Gasteiger partial charge in [-0.1, -0.05) is 41.9 Å². The lowest BCUT2D eigenvalue weighted by Gasteiger charge is -2.22. The first kappa shape index (κ1) is 14.1. The van der Waals surface area contributed by atoms with E-state index in [1.54, 1.807) is 0 Å². The van der Waals surface area contributed by atoms with Crippen LogP contribution in [0, 0.1) is 0 Å². The van der Waals surface area contributed by atoms with Crippen LogP contribution in [0.25, 0.3) is 11.4 Å². The Bertz CT molecular complexity index is 636. The van der Waals surface area contributed by atoms with E-state index in [4.69, 9.17) is 11.6 Å². The number of carbonyl (C=O) groups is 1. The highest BCUT2D eigenvalue weighted by Crippen LogP contribution is 2.31. The van der Waals surface area contributed by atoms with E-state index in [2.05, 4.69) is 9.97 Å². The zero-order valence-electron chi connectivity index (χ0n) is 11.4. The summed E-state index contributed by atoms with van der Waals surface area (Å²) in [4.78, 5) is 20.9. The van der Waals surface area contributed by atoms with Crippen LogP contribution < -0.4 is 0 Å². The van der Waals surface area contributed by atoms with Crippen LogP contribution in [0.5, 0.6) is 0 Å². The van der Waals surface area contributed by atoms with Gasteiger partial charge in [0, 0.05) is 5.56 Å². The van der Waals surface area contributed by atoms with E-state index in [0.29, 0.717) is 11.5 Å². The first-order valence-electron chi connectivity index (χ1n) is 6.94. The third-order valence-electron chi connectivity index (χ3n) is 3.75. The van der Waals surface area contributed by atoms with Gasteiger partial charge in [0.25, 0.3) is 0 Å². The maximum Gasteiger partial charge on any atom is 0.327 e. The highest BCUT2D eigenvalue weighted by molar-refractivity contribution is 6.30. The minimum absolute atomic E-state index is 0.230. The standard InChI is InChI=1S/C15H16ClN3O2/c16-13-11(12(15(20)21)19-8-4-5-9-19)17-14(18-13)10-6-2-1-3-7-10/h1-3,6-7,12H,4-5,8-9H2,(H,17,18)(H,20,21). The lowest BCUT2D eigenvalue weighted by atomic mass is 10.2. The summed E-state index contributed by atoms with van der Waals surface area (Å²) in [7, 11) is 0. The molecule has 0 bridgehead atoms. The van der Waals surface area contributed by atoms with Gasteiger partial charge < -0.3 is 10.1 Å². The van der Waals surface area contributed by atoms with Gasteiger partial charge in [-0.3, -0.25) is 9.69 Å². The van der Waals surface area contributed by atoms with Gasteiger partial charge in [0.2, 0.25) is 0 Å². The lowest BCUT2D eigenvalue weighted by Crippen LogP contribution is -2.32. The number of hydrogen-bond donors (Lipinski definition) is 2. The summed E-state index contributed by atoms with van der Waals surface area (Å²) in [5.74, 6) is -0.303. The molecule has 1 atom stereocenters. The maximum absolute atomic E-state index is 11.6. The predicted molar refractivity (Wildman–Crippen MR) is 80.2 cm³/mol. The Balaban J connectivity index is 1.97. The van der Waals surface area contributed by atoms with Crippen molar-refractivity contribution in [1.82, 2.24) is 14.9 Å². The second-order valence-electron chi connectivity index (χ2n) is 5.14. The molecule has 1 aromatic heterocycles. The molecule has 0 amide bonds. The van der Waals surface area contributed by atoms with Gasteiger partial charge in [-0.2, -0.15) is 0 Å². The molecule has 0 spiro atoms. The van der Waals surface area contributed by atoms with E-state index in [-0.39, 0.29) is 5.15 Å². The third kappa shape index (κ3) is 2.80. The van der Waals surface area contributed by atoms with Crippen molar-refractivity contribution in [3.63, 3.8) is 0 Å². The Labute approximate surface area is 127 Å². The Morgan fingerprint density at radius 3 is 2.57 bits per heavy atom. The highest BCUT2D eigenvalue weighted by atomic mass is 35.5. The van der Waals surface area contributed by atoms with Crippen LogP contribution in [0.1, 0.15) is 24.6 Å². The molecule has 2 N–H and O–H groups in total. The first-order valence-corrected chi connectivity index (χ1v) is 7.32. The van der Waals surface area contributed by atoms with E-state index in [0.717, 1.165) is 31.5 Å². The molecule has 110 valence electrons. The molecule has 21 heavy (non-hydrogen) atoms. The summed E-state index contributed by atoms with van der Waals surface area (Å²) in [6, 6.07) is 8.78. The SMILES string of the molecule is O=C(O)C(c1[nH]c(-c2ccccc2)nc1Cl)N1CCCC1. The number of imidazole rings is 1. The predicted octanol–water partition coefficient (Wildman–Crippen LogP) is 2.95. The topological polar surface area (TPSA) is 69.2 Å². The fourth-order valence-electron chi connectivity index (χ4n) is 2.74. The number of aliphatic carboxylic acids is 1. The van der Waals surface area contributed by atoms with Crippen molar-refractivity contribution in [2.24, 2.45) is 0 Å². The molecule has 1 aliphatic heterocycles. The molecule has 0 radical (unpaired) electrons. The van der Waals surface area contributed by atoms with E-state index in [9.17, 15) is 9.90 Å². The normalized spacial score (nSPS) is 17.0. The zero-order valence-corrected chi connectivity index (χ0v) is 12.2. The number of halogens is 1. The van der Waals surface area contributed by atoms with Gasteiger partial charge in [-0.05, 0) is 25.9 Å². The second kappa shape index (κ2) is 5.87. The molecule has 2 aromatic rings. The second-order valence-corrected chi connectivity index (χ2v) is 5.50. The summed E-state index contributed by atoms with van der Waals surface area (Å²) in [6.45, 7) is 1.54. The number of carboxylic acid groups (broad SMARTS) is 1. The number of benzene rings is 1. The van der Waals surface area contributed by atoms with Crippen molar-refractivity contribution < 1.29 is 9.90 Å². The molecule has 6 heteroatoms. The monoisotopic (exact) mass is 305 g/mol. The molecular weight excluding hydrogens is 290 g/mol. The van der Waals surface area contributed by atoms with E-state index < -0.39 is 12.0 Å². The smallest absolute Gasteiger partial charge is 0.327 e. The van der Waals surface area contributed by atoms with Crippen molar-refractivity contribution in [3.05, 3.63) is 41.2 Å². The maximum atomic E-state index is 11.6. The zero-order chi connectivity index (χ0) is 14.8. The summed E-state index contributed by atoms with van der Waals surface area (Å²) in [6.07, 6.45) is 2.03. The van der Waals surface area contributed by atoms with Gasteiger partial charge in [0.1, 0.15) is 5.82 Å². The number of carboxylic acids is 1. The molecule has 5 nitrogen and oxygen atoms in total. The molecule has 1 fully saturated rings. The van der Waals surface area contributed by atoms with Crippen LogP contribution in [-0.2, 0) is 4.79 Å². The van der Waals surface area contributed by atoms with Crippen molar-refractivity contribution >= 4 is 17.6 Å². The molecule has 2 heterocycles. The number of hydrogen-bond acceptors (Lipinski definition) is 3. The summed E-state index contributed by atoms with van der Waals surface area (Å²) < 4.78 is 0. The van der Waals surface area contributed by atoms with E-state index in [1.807, 2.05) is 35.2 Å². The van der Waals surface area contributed by atoms with Crippen LogP contribution in [0.4, 0.5) is 0 Å². The average Bonchev–Trinajstić information content (AvgIpc) is 3.11. The Morgan fingerprint density at radius 1 is 1.29 bits per heavy atom. The average molecular weight is 306 g/mol. The number of aromatic nitrogens is 2. The Morgan fingerprint density at radius 2 is 1.95 bits per heavy atom. The number of H-pyrrole nitrogens is 1. The summed E-state index contributed by atoms with van der Waals surface area (Å²) >= 11 is 6.18. The largest absolute Gasteiger partial charge is 0.480 e. The summed E-state index contributed by atoms with van der Waals surface area (Å²) in [5.41, 5.74) is 1.35. The van der Waals surface area contributed by atoms with Crippen molar-refractivity contribution in [2.45, 2.75) is 18.9 Å². The molecule has 0 aliphatic carbocycles. The van der Waals surface area contributed by atoms with E-state index in [1.165, 1.54) is 0 Å². The van der Waals surface area contributed by atoms with E-state index >= 15 is 0 Å². The van der Waals surface area contributed by atoms with Crippen LogP contribution in [0.15, 0.2) is 30.3 Å². The fourth-order valence-corrected chi connectivity index (χ4v) is 2.98. The number of rotatable bonds is 4. The fraction of sp³-hybridized carbons (Fsp3) is 0.333. The first-order chi connectivity index (χ1) is 10.2. The van der Waals surface area contributed by atoms with Crippen molar-refractivity contribution in [2.75, 3.05) is 13.1 Å². The van der Waals surface area contributed by atoms with Crippen LogP contribution in [0.3, 0.4) is 0 Å². The van der Waals surface area contributed by atoms with Gasteiger partial charge in [-0.25, -0.2) is 4.98 Å². The minimum atomic E-state index is -0.901. The van der Waals surface area contributed by atoms with Crippen LogP contribution >= 0.6 is 11.6 Å².